The Morgan fingerprint density at radius 1 is 1.10 bits per heavy atom. The molecule has 0 aliphatic heterocycles. The van der Waals surface area contributed by atoms with Crippen LogP contribution in [0.25, 0.3) is 10.8 Å². The van der Waals surface area contributed by atoms with E-state index in [9.17, 15) is 5.11 Å². The zero-order valence-corrected chi connectivity index (χ0v) is 12.3. The predicted octanol–water partition coefficient (Wildman–Crippen LogP) is 4.19. The molecule has 1 saturated carbocycles. The molecule has 0 bridgehead atoms. The maximum absolute atomic E-state index is 9.56. The van der Waals surface area contributed by atoms with Gasteiger partial charge in [0.05, 0.1) is 6.61 Å². The lowest BCUT2D eigenvalue weighted by Gasteiger charge is -2.20. The maximum Gasteiger partial charge on any atom is 0.149 e. The maximum atomic E-state index is 9.56. The van der Waals surface area contributed by atoms with E-state index in [-0.39, 0.29) is 18.1 Å². The van der Waals surface area contributed by atoms with Gasteiger partial charge in [0, 0.05) is 22.6 Å². The summed E-state index contributed by atoms with van der Waals surface area (Å²) in [5, 5.41) is 13.9. The Morgan fingerprint density at radius 3 is 2.71 bits per heavy atom. The molecule has 2 nitrogen and oxygen atoms in total. The summed E-state index contributed by atoms with van der Waals surface area (Å²) >= 11 is 1.70. The van der Waals surface area contributed by atoms with Crippen LogP contribution in [-0.4, -0.2) is 11.7 Å². The van der Waals surface area contributed by atoms with Crippen LogP contribution in [0.1, 0.15) is 11.3 Å². The number of thiophene rings is 1. The number of benzene rings is 2. The number of fused-ring (bicyclic) bond motifs is 1. The van der Waals surface area contributed by atoms with Crippen molar-refractivity contribution >= 4 is 22.1 Å². The normalized spacial score (nSPS) is 24.1. The monoisotopic (exact) mass is 296 g/mol. The Morgan fingerprint density at radius 2 is 1.95 bits per heavy atom. The third-order valence-electron chi connectivity index (χ3n) is 4.25. The highest BCUT2D eigenvalue weighted by Gasteiger charge is 2.58. The number of hydrogen-bond acceptors (Lipinski definition) is 3. The molecule has 1 aliphatic rings. The smallest absolute Gasteiger partial charge is 0.149 e. The Labute approximate surface area is 127 Å². The quantitative estimate of drug-likeness (QED) is 0.782. The zero-order valence-electron chi connectivity index (χ0n) is 11.5. The van der Waals surface area contributed by atoms with Crippen molar-refractivity contribution in [2.75, 3.05) is 6.61 Å². The molecule has 0 saturated heterocycles. The second-order valence-corrected chi connectivity index (χ2v) is 6.48. The van der Waals surface area contributed by atoms with Gasteiger partial charge in [0.2, 0.25) is 0 Å². The average Bonchev–Trinajstić information content (AvgIpc) is 2.97. The van der Waals surface area contributed by atoms with Crippen molar-refractivity contribution in [1.29, 1.82) is 0 Å². The first-order valence-corrected chi connectivity index (χ1v) is 8.03. The fraction of sp³-hybridized carbons (Fsp3) is 0.222. The topological polar surface area (TPSA) is 29.5 Å². The summed E-state index contributed by atoms with van der Waals surface area (Å²) in [6.07, 6.45) is 0.882. The fourth-order valence-electron chi connectivity index (χ4n) is 3.00. The molecule has 3 heteroatoms. The molecule has 1 aliphatic carbocycles. The summed E-state index contributed by atoms with van der Waals surface area (Å²) in [6.45, 7) is 0.169. The Balaban J connectivity index is 1.77. The molecular formula is C18H16O2S. The van der Waals surface area contributed by atoms with Crippen LogP contribution in [0.2, 0.25) is 0 Å². The van der Waals surface area contributed by atoms with E-state index < -0.39 is 0 Å². The van der Waals surface area contributed by atoms with Gasteiger partial charge in [0.1, 0.15) is 11.4 Å². The van der Waals surface area contributed by atoms with Gasteiger partial charge >= 0.3 is 0 Å². The van der Waals surface area contributed by atoms with Crippen molar-refractivity contribution in [3.8, 4) is 5.75 Å². The lowest BCUT2D eigenvalue weighted by molar-refractivity contribution is 0.141. The van der Waals surface area contributed by atoms with Crippen LogP contribution >= 0.6 is 11.3 Å². The van der Waals surface area contributed by atoms with Gasteiger partial charge in [-0.25, -0.2) is 0 Å². The first kappa shape index (κ1) is 12.9. The van der Waals surface area contributed by atoms with Gasteiger partial charge in [-0.05, 0) is 22.9 Å². The highest BCUT2D eigenvalue weighted by atomic mass is 32.1. The minimum atomic E-state index is -0.340. The van der Waals surface area contributed by atoms with Crippen LogP contribution in [0.4, 0.5) is 0 Å². The molecule has 1 fully saturated rings. The van der Waals surface area contributed by atoms with Crippen LogP contribution in [0.15, 0.2) is 60.0 Å². The van der Waals surface area contributed by atoms with E-state index in [2.05, 4.69) is 29.6 Å². The van der Waals surface area contributed by atoms with E-state index in [1.54, 1.807) is 11.3 Å². The molecule has 2 aromatic carbocycles. The molecule has 2 atom stereocenters. The number of aliphatic hydroxyl groups excluding tert-OH is 1. The van der Waals surface area contributed by atoms with E-state index in [0.717, 1.165) is 17.6 Å². The van der Waals surface area contributed by atoms with Gasteiger partial charge in [-0.15, -0.1) is 11.3 Å². The van der Waals surface area contributed by atoms with E-state index in [4.69, 9.17) is 4.74 Å². The van der Waals surface area contributed by atoms with Crippen LogP contribution in [0.3, 0.4) is 0 Å². The summed E-state index contributed by atoms with van der Waals surface area (Å²) in [6, 6.07) is 18.5. The average molecular weight is 296 g/mol. The number of ether oxygens (including phenoxy) is 1. The molecule has 106 valence electrons. The summed E-state index contributed by atoms with van der Waals surface area (Å²) in [5.74, 6) is 1.09. The van der Waals surface area contributed by atoms with Gasteiger partial charge in [-0.3, -0.25) is 0 Å². The highest BCUT2D eigenvalue weighted by molar-refractivity contribution is 7.10. The molecule has 1 aromatic heterocycles. The van der Waals surface area contributed by atoms with Crippen LogP contribution in [0.5, 0.6) is 5.75 Å². The van der Waals surface area contributed by atoms with Gasteiger partial charge < -0.3 is 9.84 Å². The summed E-state index contributed by atoms with van der Waals surface area (Å²) in [4.78, 5) is 1.20. The lowest BCUT2D eigenvalue weighted by Crippen LogP contribution is -2.19. The van der Waals surface area contributed by atoms with E-state index in [1.165, 1.54) is 10.3 Å². The first-order valence-electron chi connectivity index (χ1n) is 7.15. The summed E-state index contributed by atoms with van der Waals surface area (Å²) in [7, 11) is 0. The third kappa shape index (κ3) is 2.04. The SMILES string of the molecule is OC[C@H]1C[C@@]1(Oc1cccc2ccccc12)c1cccs1. The second kappa shape index (κ2) is 4.86. The van der Waals surface area contributed by atoms with Crippen molar-refractivity contribution in [1.82, 2.24) is 0 Å². The highest BCUT2D eigenvalue weighted by Crippen LogP contribution is 2.56. The molecule has 21 heavy (non-hydrogen) atoms. The Bertz CT molecular complexity index is 760. The molecule has 1 heterocycles. The van der Waals surface area contributed by atoms with Gasteiger partial charge in [-0.1, -0.05) is 42.5 Å². The number of rotatable bonds is 4. The standard InChI is InChI=1S/C18H16O2S/c19-12-14-11-18(14,17-9-4-10-21-17)20-16-8-3-6-13-5-1-2-7-15(13)16/h1-10,14,19H,11-12H2/t14-,18+/m1/s1. The lowest BCUT2D eigenvalue weighted by atomic mass is 10.1. The van der Waals surface area contributed by atoms with Crippen molar-refractivity contribution in [3.63, 3.8) is 0 Å². The van der Waals surface area contributed by atoms with Gasteiger partial charge in [0.15, 0.2) is 0 Å². The molecule has 3 aromatic rings. The Hall–Kier alpha value is -1.84. The van der Waals surface area contributed by atoms with E-state index in [0.29, 0.717) is 0 Å². The van der Waals surface area contributed by atoms with Crippen molar-refractivity contribution in [2.45, 2.75) is 12.0 Å². The molecule has 0 amide bonds. The minimum Gasteiger partial charge on any atom is -0.481 e. The fourth-order valence-corrected chi connectivity index (χ4v) is 3.95. The van der Waals surface area contributed by atoms with Gasteiger partial charge in [0.25, 0.3) is 0 Å². The number of aliphatic hydroxyl groups is 1. The van der Waals surface area contributed by atoms with Gasteiger partial charge in [-0.2, -0.15) is 0 Å². The van der Waals surface area contributed by atoms with E-state index >= 15 is 0 Å². The van der Waals surface area contributed by atoms with E-state index in [1.807, 2.05) is 30.3 Å². The largest absolute Gasteiger partial charge is 0.481 e. The molecule has 4 rings (SSSR count). The molecular weight excluding hydrogens is 280 g/mol. The number of hydrogen-bond donors (Lipinski definition) is 1. The van der Waals surface area contributed by atoms with Crippen molar-refractivity contribution in [3.05, 3.63) is 64.9 Å². The molecule has 1 N–H and O–H groups in total. The zero-order chi connectivity index (χ0) is 14.3. The second-order valence-electron chi connectivity index (χ2n) is 5.53. The van der Waals surface area contributed by atoms with Crippen LogP contribution in [0, 0.1) is 5.92 Å². The first-order chi connectivity index (χ1) is 10.3. The molecule has 0 spiro atoms. The molecule has 0 radical (unpaired) electrons. The summed E-state index contributed by atoms with van der Waals surface area (Å²) < 4.78 is 6.42. The van der Waals surface area contributed by atoms with Crippen molar-refractivity contribution < 1.29 is 9.84 Å². The Kier molecular flexibility index (Phi) is 2.98. The van der Waals surface area contributed by atoms with Crippen LogP contribution < -0.4 is 4.74 Å². The predicted molar refractivity (Wildman–Crippen MR) is 85.8 cm³/mol. The summed E-state index contributed by atoms with van der Waals surface area (Å²) in [5.41, 5.74) is -0.340. The minimum absolute atomic E-state index is 0.169. The molecule has 0 unspecified atom stereocenters. The third-order valence-corrected chi connectivity index (χ3v) is 5.28. The van der Waals surface area contributed by atoms with Crippen molar-refractivity contribution in [2.24, 2.45) is 5.92 Å². The van der Waals surface area contributed by atoms with Crippen LogP contribution in [-0.2, 0) is 5.60 Å².